The summed E-state index contributed by atoms with van der Waals surface area (Å²) in [5, 5.41) is 0. The molecule has 0 amide bonds. The van der Waals surface area contributed by atoms with Crippen LogP contribution in [0.4, 0.5) is 0 Å². The van der Waals surface area contributed by atoms with E-state index in [0.717, 1.165) is 10.0 Å². The highest BCUT2D eigenvalue weighted by atomic mass is 79.9. The Kier molecular flexibility index (Phi) is 3.89. The van der Waals surface area contributed by atoms with Crippen LogP contribution in [0, 0.1) is 11.8 Å². The second kappa shape index (κ2) is 5.98. The van der Waals surface area contributed by atoms with E-state index >= 15 is 0 Å². The molecule has 5 heteroatoms. The van der Waals surface area contributed by atoms with Gasteiger partial charge in [-0.05, 0) is 53.0 Å². The molecule has 0 saturated heterocycles. The number of hydrogen-bond acceptors (Lipinski definition) is 4. The third kappa shape index (κ3) is 2.91. The first-order valence-electron chi connectivity index (χ1n) is 6.42. The van der Waals surface area contributed by atoms with Gasteiger partial charge in [-0.3, -0.25) is 4.98 Å². The SMILES string of the molecule is CCOc1ccc(Br)c2oc(C#Cc3cccnc3)nc12. The van der Waals surface area contributed by atoms with Crippen LogP contribution in [0.5, 0.6) is 5.75 Å². The summed E-state index contributed by atoms with van der Waals surface area (Å²) in [6.07, 6.45) is 3.40. The maximum absolute atomic E-state index is 5.68. The van der Waals surface area contributed by atoms with E-state index < -0.39 is 0 Å². The monoisotopic (exact) mass is 342 g/mol. The van der Waals surface area contributed by atoms with Crippen LogP contribution in [0.15, 0.2) is 45.5 Å². The van der Waals surface area contributed by atoms with Crippen molar-refractivity contribution in [3.63, 3.8) is 0 Å². The van der Waals surface area contributed by atoms with Crippen LogP contribution in [-0.4, -0.2) is 16.6 Å². The van der Waals surface area contributed by atoms with Gasteiger partial charge in [0.15, 0.2) is 11.1 Å². The number of rotatable bonds is 2. The second-order valence-electron chi connectivity index (χ2n) is 4.17. The number of oxazole rings is 1. The highest BCUT2D eigenvalue weighted by Crippen LogP contribution is 2.31. The van der Waals surface area contributed by atoms with E-state index in [-0.39, 0.29) is 0 Å². The minimum atomic E-state index is 0.349. The van der Waals surface area contributed by atoms with Crippen LogP contribution >= 0.6 is 15.9 Å². The minimum Gasteiger partial charge on any atom is -0.491 e. The topological polar surface area (TPSA) is 48.2 Å². The van der Waals surface area contributed by atoms with Crippen molar-refractivity contribution in [3.8, 4) is 17.6 Å². The smallest absolute Gasteiger partial charge is 0.274 e. The summed E-state index contributed by atoms with van der Waals surface area (Å²) < 4.78 is 12.0. The van der Waals surface area contributed by atoms with E-state index in [1.807, 2.05) is 31.2 Å². The fourth-order valence-electron chi connectivity index (χ4n) is 1.84. The third-order valence-electron chi connectivity index (χ3n) is 2.73. The number of fused-ring (bicyclic) bond motifs is 1. The van der Waals surface area contributed by atoms with Crippen molar-refractivity contribution >= 4 is 27.0 Å². The van der Waals surface area contributed by atoms with Gasteiger partial charge in [-0.2, -0.15) is 4.98 Å². The normalized spacial score (nSPS) is 10.2. The Labute approximate surface area is 130 Å². The molecule has 4 nitrogen and oxygen atoms in total. The van der Waals surface area contributed by atoms with Gasteiger partial charge in [-0.25, -0.2) is 0 Å². The Hall–Kier alpha value is -2.32. The minimum absolute atomic E-state index is 0.349. The highest BCUT2D eigenvalue weighted by Gasteiger charge is 2.12. The number of halogens is 1. The zero-order chi connectivity index (χ0) is 14.7. The first-order chi connectivity index (χ1) is 10.3. The lowest BCUT2D eigenvalue weighted by Crippen LogP contribution is -1.92. The zero-order valence-corrected chi connectivity index (χ0v) is 12.8. The number of hydrogen-bond donors (Lipinski definition) is 0. The molecule has 0 spiro atoms. The van der Waals surface area contributed by atoms with E-state index in [0.29, 0.717) is 29.3 Å². The molecule has 0 atom stereocenters. The molecule has 104 valence electrons. The van der Waals surface area contributed by atoms with Crippen LogP contribution < -0.4 is 4.74 Å². The molecule has 21 heavy (non-hydrogen) atoms. The molecule has 2 aromatic heterocycles. The van der Waals surface area contributed by atoms with Crippen LogP contribution in [0.2, 0.25) is 0 Å². The Bertz CT molecular complexity index is 832. The van der Waals surface area contributed by atoms with Gasteiger partial charge in [0.25, 0.3) is 5.89 Å². The zero-order valence-electron chi connectivity index (χ0n) is 11.3. The van der Waals surface area contributed by atoms with Crippen molar-refractivity contribution in [2.24, 2.45) is 0 Å². The van der Waals surface area contributed by atoms with Gasteiger partial charge in [-0.1, -0.05) is 5.92 Å². The van der Waals surface area contributed by atoms with E-state index in [9.17, 15) is 0 Å². The fourth-order valence-corrected chi connectivity index (χ4v) is 2.24. The Morgan fingerprint density at radius 3 is 2.95 bits per heavy atom. The lowest BCUT2D eigenvalue weighted by atomic mass is 10.3. The molecule has 0 fully saturated rings. The molecule has 0 aliphatic carbocycles. The first-order valence-corrected chi connectivity index (χ1v) is 7.21. The summed E-state index contributed by atoms with van der Waals surface area (Å²) in [6, 6.07) is 7.44. The Morgan fingerprint density at radius 1 is 1.29 bits per heavy atom. The molecule has 0 saturated carbocycles. The van der Waals surface area contributed by atoms with Gasteiger partial charge in [0.1, 0.15) is 5.75 Å². The molecule has 3 aromatic rings. The molecule has 0 aliphatic rings. The first kappa shape index (κ1) is 13.7. The average molecular weight is 343 g/mol. The van der Waals surface area contributed by atoms with E-state index in [4.69, 9.17) is 9.15 Å². The molecule has 2 heterocycles. The summed E-state index contributed by atoms with van der Waals surface area (Å²) in [4.78, 5) is 8.40. The van der Waals surface area contributed by atoms with E-state index in [1.54, 1.807) is 12.4 Å². The maximum atomic E-state index is 5.68. The highest BCUT2D eigenvalue weighted by molar-refractivity contribution is 9.10. The summed E-state index contributed by atoms with van der Waals surface area (Å²) in [7, 11) is 0. The third-order valence-corrected chi connectivity index (χ3v) is 3.36. The lowest BCUT2D eigenvalue weighted by Gasteiger charge is -2.02. The predicted octanol–water partition coefficient (Wildman–Crippen LogP) is 3.78. The molecule has 0 radical (unpaired) electrons. The van der Waals surface area contributed by atoms with Gasteiger partial charge in [0.05, 0.1) is 11.1 Å². The number of benzene rings is 1. The van der Waals surface area contributed by atoms with Crippen molar-refractivity contribution in [2.75, 3.05) is 6.61 Å². The summed E-state index contributed by atoms with van der Waals surface area (Å²) in [6.45, 7) is 2.50. The van der Waals surface area contributed by atoms with Gasteiger partial charge in [-0.15, -0.1) is 0 Å². The molecule has 1 aromatic carbocycles. The Balaban J connectivity index is 2.03. The number of pyridine rings is 1. The number of ether oxygens (including phenoxy) is 1. The quantitative estimate of drug-likeness (QED) is 0.665. The van der Waals surface area contributed by atoms with Crippen LogP contribution in [0.3, 0.4) is 0 Å². The fraction of sp³-hybridized carbons (Fsp3) is 0.125. The maximum Gasteiger partial charge on any atom is 0.274 e. The second-order valence-corrected chi connectivity index (χ2v) is 5.02. The van der Waals surface area contributed by atoms with Crippen molar-refractivity contribution in [3.05, 3.63) is 52.6 Å². The molecular weight excluding hydrogens is 332 g/mol. The van der Waals surface area contributed by atoms with Gasteiger partial charge < -0.3 is 9.15 Å². The predicted molar refractivity (Wildman–Crippen MR) is 83.1 cm³/mol. The van der Waals surface area contributed by atoms with Gasteiger partial charge >= 0.3 is 0 Å². The number of aromatic nitrogens is 2. The van der Waals surface area contributed by atoms with E-state index in [2.05, 4.69) is 37.7 Å². The number of nitrogens with zero attached hydrogens (tertiary/aromatic N) is 2. The molecule has 0 unspecified atom stereocenters. The lowest BCUT2D eigenvalue weighted by molar-refractivity contribution is 0.343. The molecule has 0 aliphatic heterocycles. The standard InChI is InChI=1S/C16H11BrN2O2/c1-2-20-13-7-6-12(17)16-15(13)19-14(21-16)8-5-11-4-3-9-18-10-11/h3-4,6-7,9-10H,2H2,1H3. The van der Waals surface area contributed by atoms with Crippen molar-refractivity contribution < 1.29 is 9.15 Å². The van der Waals surface area contributed by atoms with Gasteiger partial charge in [0.2, 0.25) is 0 Å². The summed E-state index contributed by atoms with van der Waals surface area (Å²) in [5.41, 5.74) is 2.11. The van der Waals surface area contributed by atoms with Crippen molar-refractivity contribution in [1.82, 2.24) is 9.97 Å². The van der Waals surface area contributed by atoms with Crippen molar-refractivity contribution in [1.29, 1.82) is 0 Å². The van der Waals surface area contributed by atoms with Crippen LogP contribution in [-0.2, 0) is 0 Å². The largest absolute Gasteiger partial charge is 0.491 e. The van der Waals surface area contributed by atoms with E-state index in [1.165, 1.54) is 0 Å². The molecule has 0 N–H and O–H groups in total. The van der Waals surface area contributed by atoms with Crippen LogP contribution in [0.25, 0.3) is 11.1 Å². The van der Waals surface area contributed by atoms with Gasteiger partial charge in [0, 0.05) is 18.0 Å². The van der Waals surface area contributed by atoms with Crippen molar-refractivity contribution in [2.45, 2.75) is 6.92 Å². The molecule has 3 rings (SSSR count). The summed E-state index contributed by atoms with van der Waals surface area (Å²) in [5.74, 6) is 6.91. The molecule has 0 bridgehead atoms. The van der Waals surface area contributed by atoms with Crippen LogP contribution in [0.1, 0.15) is 18.4 Å². The summed E-state index contributed by atoms with van der Waals surface area (Å²) >= 11 is 3.44. The molecular formula is C16H11BrN2O2. The Morgan fingerprint density at radius 2 is 2.19 bits per heavy atom. The average Bonchev–Trinajstić information content (AvgIpc) is 2.95.